The van der Waals surface area contributed by atoms with Crippen molar-refractivity contribution in [2.75, 3.05) is 10.0 Å². The van der Waals surface area contributed by atoms with Crippen LogP contribution in [0.3, 0.4) is 0 Å². The van der Waals surface area contributed by atoms with Crippen LogP contribution in [0, 0.1) is 0 Å². The van der Waals surface area contributed by atoms with Gasteiger partial charge in [0.25, 0.3) is 5.82 Å². The minimum atomic E-state index is -0.274. The Morgan fingerprint density at radius 2 is 1.77 bits per heavy atom. The molecule has 0 atom stereocenters. The predicted octanol–water partition coefficient (Wildman–Crippen LogP) is 5.00. The van der Waals surface area contributed by atoms with Crippen LogP contribution in [0.5, 0.6) is 0 Å². The van der Waals surface area contributed by atoms with Crippen molar-refractivity contribution in [1.29, 1.82) is 0 Å². The van der Waals surface area contributed by atoms with E-state index in [1.165, 1.54) is 23.1 Å². The quantitative estimate of drug-likeness (QED) is 0.362. The van der Waals surface area contributed by atoms with Crippen LogP contribution in [0.4, 0.5) is 16.3 Å². The van der Waals surface area contributed by atoms with E-state index in [1.807, 2.05) is 54.6 Å². The lowest BCUT2D eigenvalue weighted by Gasteiger charge is -2.08. The van der Waals surface area contributed by atoms with Crippen molar-refractivity contribution >= 4 is 29.5 Å². The minimum Gasteiger partial charge on any atom is -0.334 e. The maximum atomic E-state index is 12.1. The van der Waals surface area contributed by atoms with Crippen molar-refractivity contribution in [3.63, 3.8) is 0 Å². The Morgan fingerprint density at radius 1 is 0.935 bits per heavy atom. The third kappa shape index (κ3) is 5.83. The van der Waals surface area contributed by atoms with Gasteiger partial charge in [0.1, 0.15) is 6.20 Å². The molecule has 2 aromatic heterocycles. The largest absolute Gasteiger partial charge is 0.334 e. The molecule has 4 N–H and O–H groups in total. The molecular formula is C24H22N5OS+. The zero-order valence-corrected chi connectivity index (χ0v) is 17.5. The van der Waals surface area contributed by atoms with Crippen molar-refractivity contribution in [3.8, 4) is 11.1 Å². The summed E-state index contributed by atoms with van der Waals surface area (Å²) in [7, 11) is 0. The number of rotatable bonds is 7. The normalized spacial score (nSPS) is 10.3. The Bertz CT molecular complexity index is 1120. The second-order valence-electron chi connectivity index (χ2n) is 6.73. The Balaban J connectivity index is 1.32. The predicted molar refractivity (Wildman–Crippen MR) is 124 cm³/mol. The van der Waals surface area contributed by atoms with E-state index in [9.17, 15) is 4.79 Å². The summed E-state index contributed by atoms with van der Waals surface area (Å²) in [5.41, 5.74) is 3.96. The molecule has 0 unspecified atom stereocenters. The number of carbonyl (C=O) groups is 1. The molecule has 0 aliphatic rings. The van der Waals surface area contributed by atoms with Gasteiger partial charge in [0.2, 0.25) is 0 Å². The number of anilines is 2. The first kappa shape index (κ1) is 20.4. The molecule has 0 aliphatic carbocycles. The second-order valence-corrected chi connectivity index (χ2v) is 7.57. The zero-order valence-electron chi connectivity index (χ0n) is 16.7. The van der Waals surface area contributed by atoms with Crippen LogP contribution in [-0.2, 0) is 6.54 Å². The van der Waals surface area contributed by atoms with Crippen molar-refractivity contribution in [2.24, 2.45) is 0 Å². The summed E-state index contributed by atoms with van der Waals surface area (Å²) in [4.78, 5) is 20.4. The smallest absolute Gasteiger partial charge is 0.319 e. The summed E-state index contributed by atoms with van der Waals surface area (Å²) in [6.07, 6.45) is 5.17. The van der Waals surface area contributed by atoms with Crippen LogP contribution in [-0.4, -0.2) is 11.0 Å². The highest BCUT2D eigenvalue weighted by atomic mass is 32.2. The summed E-state index contributed by atoms with van der Waals surface area (Å²) in [5.74, 6) is 0.828. The van der Waals surface area contributed by atoms with Gasteiger partial charge in [0, 0.05) is 25.0 Å². The number of carbonyl (C=O) groups excluding carboxylic acids is 1. The first-order valence-corrected chi connectivity index (χ1v) is 10.6. The van der Waals surface area contributed by atoms with Gasteiger partial charge in [-0.05, 0) is 34.9 Å². The van der Waals surface area contributed by atoms with E-state index in [0.717, 1.165) is 16.3 Å². The average Bonchev–Trinajstić information content (AvgIpc) is 2.84. The van der Waals surface area contributed by atoms with Crippen molar-refractivity contribution in [2.45, 2.75) is 11.4 Å². The molecular weight excluding hydrogens is 406 g/mol. The van der Waals surface area contributed by atoms with Gasteiger partial charge < -0.3 is 10.6 Å². The molecule has 0 saturated heterocycles. The topological polar surface area (TPSA) is 80.2 Å². The lowest BCUT2D eigenvalue weighted by atomic mass is 10.1. The molecule has 0 fully saturated rings. The lowest BCUT2D eigenvalue weighted by Crippen LogP contribution is -2.28. The van der Waals surface area contributed by atoms with Gasteiger partial charge in [-0.3, -0.25) is 4.98 Å². The fraction of sp³-hybridized carbons (Fsp3) is 0.0417. The summed E-state index contributed by atoms with van der Waals surface area (Å²) >= 11 is 1.53. The first-order valence-electron chi connectivity index (χ1n) is 9.81. The number of nitrogens with zero attached hydrogens (tertiary/aromatic N) is 1. The number of aromatic nitrogens is 2. The minimum absolute atomic E-state index is 0.274. The number of H-pyrrole nitrogens is 1. The summed E-state index contributed by atoms with van der Waals surface area (Å²) < 4.78 is 3.32. The van der Waals surface area contributed by atoms with Gasteiger partial charge in [-0.25, -0.2) is 14.5 Å². The number of nitrogens with one attached hydrogen (secondary N) is 4. The van der Waals surface area contributed by atoms with Gasteiger partial charge in [-0.2, -0.15) is 0 Å². The van der Waals surface area contributed by atoms with Crippen molar-refractivity contribution in [1.82, 2.24) is 10.3 Å². The number of hydrogen-bond acceptors (Lipinski definition) is 4. The molecule has 31 heavy (non-hydrogen) atoms. The molecule has 0 aliphatic heterocycles. The first-order chi connectivity index (χ1) is 15.3. The van der Waals surface area contributed by atoms with E-state index in [2.05, 4.69) is 49.6 Å². The molecule has 2 aromatic carbocycles. The van der Waals surface area contributed by atoms with E-state index >= 15 is 0 Å². The monoisotopic (exact) mass is 428 g/mol. The summed E-state index contributed by atoms with van der Waals surface area (Å²) in [5, 5.41) is 5.61. The molecule has 7 heteroatoms. The highest BCUT2D eigenvalue weighted by molar-refractivity contribution is 8.00. The number of pyridine rings is 2. The Kier molecular flexibility index (Phi) is 6.77. The number of urea groups is 1. The van der Waals surface area contributed by atoms with Crippen LogP contribution in [0.1, 0.15) is 5.56 Å². The maximum absolute atomic E-state index is 12.1. The van der Waals surface area contributed by atoms with Crippen LogP contribution in [0.25, 0.3) is 11.1 Å². The molecule has 4 rings (SSSR count). The summed E-state index contributed by atoms with van der Waals surface area (Å²) in [6, 6.07) is 25.8. The molecule has 4 aromatic rings. The van der Waals surface area contributed by atoms with Crippen LogP contribution in [0.15, 0.2) is 102 Å². The van der Waals surface area contributed by atoms with Gasteiger partial charge in [0.15, 0.2) is 0 Å². The summed E-state index contributed by atoms with van der Waals surface area (Å²) in [6.45, 7) is 0.417. The standard InChI is InChI=1S/C24H21N5OS/c30-24(27-16-18-7-6-14-25-15-18)28-20-12-13-23(26-17-20)29-31-22-11-5-4-10-21(22)19-8-2-1-3-9-19/h1-15,17H,16H2,(H,26,29)(H2,27,28,30)/p+1. The molecule has 0 saturated carbocycles. The van der Waals surface area contributed by atoms with Crippen LogP contribution < -0.4 is 20.3 Å². The van der Waals surface area contributed by atoms with Crippen LogP contribution in [0.2, 0.25) is 0 Å². The molecule has 0 bridgehead atoms. The average molecular weight is 429 g/mol. The van der Waals surface area contributed by atoms with E-state index in [0.29, 0.717) is 12.2 Å². The van der Waals surface area contributed by atoms with E-state index < -0.39 is 0 Å². The molecule has 6 nitrogen and oxygen atoms in total. The molecule has 0 radical (unpaired) electrons. The van der Waals surface area contributed by atoms with Crippen LogP contribution >= 0.6 is 11.9 Å². The number of hydrogen-bond donors (Lipinski definition) is 3. The second kappa shape index (κ2) is 10.3. The number of amides is 2. The maximum Gasteiger partial charge on any atom is 0.319 e. The Hall–Kier alpha value is -3.84. The van der Waals surface area contributed by atoms with Crippen molar-refractivity contribution in [3.05, 3.63) is 103 Å². The third-order valence-electron chi connectivity index (χ3n) is 4.49. The fourth-order valence-corrected chi connectivity index (χ4v) is 3.74. The highest BCUT2D eigenvalue weighted by Crippen LogP contribution is 2.31. The number of benzene rings is 2. The van der Waals surface area contributed by atoms with Gasteiger partial charge in [0.05, 0.1) is 22.5 Å². The van der Waals surface area contributed by atoms with E-state index in [-0.39, 0.29) is 6.03 Å². The molecule has 0 spiro atoms. The lowest BCUT2D eigenvalue weighted by molar-refractivity contribution is -0.359. The van der Waals surface area contributed by atoms with Gasteiger partial charge in [-0.15, -0.1) is 0 Å². The SMILES string of the molecule is O=C(NCc1cccnc1)Nc1ccc(NSc2ccccc2-c2ccccc2)[nH+]c1. The third-order valence-corrected chi connectivity index (χ3v) is 5.39. The fourth-order valence-electron chi connectivity index (χ4n) is 2.95. The molecule has 2 heterocycles. The zero-order chi connectivity index (χ0) is 21.3. The molecule has 154 valence electrons. The Morgan fingerprint density at radius 3 is 2.55 bits per heavy atom. The van der Waals surface area contributed by atoms with Gasteiger partial charge in [-0.1, -0.05) is 54.6 Å². The van der Waals surface area contributed by atoms with E-state index in [4.69, 9.17) is 0 Å². The van der Waals surface area contributed by atoms with E-state index in [1.54, 1.807) is 18.6 Å². The molecule has 2 amide bonds. The Labute approximate surface area is 185 Å². The number of aromatic amines is 1. The highest BCUT2D eigenvalue weighted by Gasteiger charge is 2.10. The van der Waals surface area contributed by atoms with Crippen molar-refractivity contribution < 1.29 is 9.78 Å². The van der Waals surface area contributed by atoms with Gasteiger partial charge >= 0.3 is 6.03 Å².